The molecule has 3 aromatic rings. The number of fused-ring (bicyclic) bond motifs is 2. The van der Waals surface area contributed by atoms with E-state index >= 15 is 0 Å². The Balaban J connectivity index is 1.66. The summed E-state index contributed by atoms with van der Waals surface area (Å²) in [4.78, 5) is 17.3. The number of nitrogens with zero attached hydrogens (tertiary/aromatic N) is 4. The molecule has 0 saturated carbocycles. The van der Waals surface area contributed by atoms with Gasteiger partial charge in [-0.1, -0.05) is 6.92 Å². The molecule has 4 rings (SSSR count). The number of ketones is 1. The second kappa shape index (κ2) is 6.35. The van der Waals surface area contributed by atoms with Gasteiger partial charge in [-0.3, -0.25) is 9.48 Å². The summed E-state index contributed by atoms with van der Waals surface area (Å²) in [6.45, 7) is 5.48. The minimum Gasteiger partial charge on any atom is -0.493 e. The molecule has 25 heavy (non-hydrogen) atoms. The Kier molecular flexibility index (Phi) is 4.03. The van der Waals surface area contributed by atoms with Gasteiger partial charge in [0.05, 0.1) is 12.3 Å². The summed E-state index contributed by atoms with van der Waals surface area (Å²) >= 11 is 0. The van der Waals surface area contributed by atoms with Crippen molar-refractivity contribution in [2.45, 2.75) is 46.1 Å². The largest absolute Gasteiger partial charge is 0.493 e. The Labute approximate surface area is 146 Å². The molecule has 130 valence electrons. The van der Waals surface area contributed by atoms with Crippen molar-refractivity contribution in [3.63, 3.8) is 0 Å². The lowest BCUT2D eigenvalue weighted by Gasteiger charge is -2.10. The Hall–Kier alpha value is -2.63. The second-order valence-electron chi connectivity index (χ2n) is 6.39. The van der Waals surface area contributed by atoms with Crippen LogP contribution in [0.25, 0.3) is 5.65 Å². The average Bonchev–Trinajstić information content (AvgIpc) is 3.28. The molecule has 3 aromatic heterocycles. The number of ether oxygens (including phenoxy) is 1. The number of carbonyl (C=O) groups is 1. The molecule has 0 N–H and O–H groups in total. The van der Waals surface area contributed by atoms with Crippen molar-refractivity contribution in [1.29, 1.82) is 0 Å². The van der Waals surface area contributed by atoms with Crippen LogP contribution in [-0.4, -0.2) is 31.6 Å². The summed E-state index contributed by atoms with van der Waals surface area (Å²) in [6.07, 6.45) is 7.23. The maximum atomic E-state index is 12.7. The van der Waals surface area contributed by atoms with E-state index in [0.717, 1.165) is 54.2 Å². The summed E-state index contributed by atoms with van der Waals surface area (Å²) in [5.74, 6) is 0.751. The third-order valence-corrected chi connectivity index (χ3v) is 4.65. The quantitative estimate of drug-likeness (QED) is 0.649. The van der Waals surface area contributed by atoms with E-state index < -0.39 is 0 Å². The van der Waals surface area contributed by atoms with Crippen molar-refractivity contribution in [1.82, 2.24) is 19.2 Å². The van der Waals surface area contributed by atoms with Crippen molar-refractivity contribution in [2.24, 2.45) is 0 Å². The minimum absolute atomic E-state index is 0.0260. The van der Waals surface area contributed by atoms with Gasteiger partial charge < -0.3 is 9.14 Å². The van der Waals surface area contributed by atoms with Crippen LogP contribution in [0.15, 0.2) is 24.5 Å². The van der Waals surface area contributed by atoms with Crippen LogP contribution >= 0.6 is 0 Å². The highest BCUT2D eigenvalue weighted by molar-refractivity contribution is 5.96. The van der Waals surface area contributed by atoms with Gasteiger partial charge in [0.1, 0.15) is 17.1 Å². The first kappa shape index (κ1) is 15.9. The van der Waals surface area contributed by atoms with Crippen LogP contribution in [0.4, 0.5) is 0 Å². The van der Waals surface area contributed by atoms with E-state index in [1.807, 2.05) is 40.5 Å². The van der Waals surface area contributed by atoms with E-state index in [1.54, 1.807) is 0 Å². The van der Waals surface area contributed by atoms with Gasteiger partial charge in [-0.15, -0.1) is 0 Å². The average molecular weight is 338 g/mol. The van der Waals surface area contributed by atoms with Crippen molar-refractivity contribution < 1.29 is 9.53 Å². The molecule has 4 heterocycles. The SMILES string of the molecule is CCOc1cc2nc(CC)cn2cc1CC(=O)c1cc2n(n1)CCC2. The Morgan fingerprint density at radius 2 is 2.16 bits per heavy atom. The zero-order valence-electron chi connectivity index (χ0n) is 14.7. The standard InChI is InChI=1S/C19H22N4O2/c1-3-14-12-22-11-13(18(25-4-2)10-19(22)20-14)8-17(24)16-9-15-6-5-7-23(15)21-16/h9-12H,3-8H2,1-2H3. The molecular weight excluding hydrogens is 316 g/mol. The van der Waals surface area contributed by atoms with Crippen LogP contribution in [-0.2, 0) is 25.8 Å². The van der Waals surface area contributed by atoms with Crippen LogP contribution in [0, 0.1) is 0 Å². The molecule has 0 bridgehead atoms. The van der Waals surface area contributed by atoms with Gasteiger partial charge in [0.25, 0.3) is 0 Å². The molecule has 0 radical (unpaired) electrons. The summed E-state index contributed by atoms with van der Waals surface area (Å²) in [5.41, 5.74) is 4.45. The zero-order chi connectivity index (χ0) is 17.4. The molecule has 6 heteroatoms. The smallest absolute Gasteiger partial charge is 0.187 e. The number of hydrogen-bond donors (Lipinski definition) is 0. The van der Waals surface area contributed by atoms with E-state index in [-0.39, 0.29) is 12.2 Å². The summed E-state index contributed by atoms with van der Waals surface area (Å²) in [5, 5.41) is 4.45. The predicted molar refractivity (Wildman–Crippen MR) is 94.3 cm³/mol. The normalized spacial score (nSPS) is 13.4. The van der Waals surface area contributed by atoms with Crippen LogP contribution in [0.1, 0.15) is 47.7 Å². The fourth-order valence-electron chi connectivity index (χ4n) is 3.37. The number of imidazole rings is 1. The highest BCUT2D eigenvalue weighted by Gasteiger charge is 2.20. The van der Waals surface area contributed by atoms with Gasteiger partial charge in [-0.2, -0.15) is 5.10 Å². The van der Waals surface area contributed by atoms with Gasteiger partial charge in [-0.25, -0.2) is 4.98 Å². The molecule has 0 saturated heterocycles. The third-order valence-electron chi connectivity index (χ3n) is 4.65. The number of aryl methyl sites for hydroxylation is 3. The van der Waals surface area contributed by atoms with Crippen LogP contribution in [0.3, 0.4) is 0 Å². The Morgan fingerprint density at radius 1 is 1.28 bits per heavy atom. The monoisotopic (exact) mass is 338 g/mol. The van der Waals surface area contributed by atoms with Crippen LogP contribution < -0.4 is 4.74 Å². The van der Waals surface area contributed by atoms with Crippen LogP contribution in [0.2, 0.25) is 0 Å². The third kappa shape index (κ3) is 2.92. The van der Waals surface area contributed by atoms with Crippen molar-refractivity contribution in [3.05, 3.63) is 47.2 Å². The maximum Gasteiger partial charge on any atom is 0.187 e. The fourth-order valence-corrected chi connectivity index (χ4v) is 3.37. The lowest BCUT2D eigenvalue weighted by atomic mass is 10.1. The van der Waals surface area contributed by atoms with E-state index in [0.29, 0.717) is 12.3 Å². The van der Waals surface area contributed by atoms with E-state index in [1.165, 1.54) is 0 Å². The second-order valence-corrected chi connectivity index (χ2v) is 6.39. The van der Waals surface area contributed by atoms with Gasteiger partial charge in [0.15, 0.2) is 5.78 Å². The summed E-state index contributed by atoms with van der Waals surface area (Å²) in [7, 11) is 0. The zero-order valence-corrected chi connectivity index (χ0v) is 14.7. The molecule has 0 amide bonds. The number of aromatic nitrogens is 4. The van der Waals surface area contributed by atoms with E-state index in [4.69, 9.17) is 4.74 Å². The van der Waals surface area contributed by atoms with Gasteiger partial charge in [0, 0.05) is 42.7 Å². The van der Waals surface area contributed by atoms with Crippen molar-refractivity contribution >= 4 is 11.4 Å². The lowest BCUT2D eigenvalue weighted by Crippen LogP contribution is -2.09. The molecule has 0 unspecified atom stereocenters. The molecule has 0 aromatic carbocycles. The van der Waals surface area contributed by atoms with E-state index in [9.17, 15) is 4.79 Å². The molecule has 0 aliphatic carbocycles. The number of pyridine rings is 1. The lowest BCUT2D eigenvalue weighted by molar-refractivity contribution is 0.0986. The maximum absolute atomic E-state index is 12.7. The number of hydrogen-bond acceptors (Lipinski definition) is 4. The van der Waals surface area contributed by atoms with Gasteiger partial charge in [0.2, 0.25) is 0 Å². The molecule has 1 aliphatic rings. The Bertz CT molecular complexity index is 917. The topological polar surface area (TPSA) is 61.4 Å². The van der Waals surface area contributed by atoms with Crippen molar-refractivity contribution in [3.8, 4) is 5.75 Å². The van der Waals surface area contributed by atoms with Crippen LogP contribution in [0.5, 0.6) is 5.75 Å². The number of carbonyl (C=O) groups excluding carboxylic acids is 1. The number of rotatable bonds is 6. The fraction of sp³-hybridized carbons (Fsp3) is 0.421. The molecule has 0 spiro atoms. The predicted octanol–water partition coefficient (Wildman–Crippen LogP) is 2.86. The first-order chi connectivity index (χ1) is 12.2. The highest BCUT2D eigenvalue weighted by atomic mass is 16.5. The first-order valence-electron chi connectivity index (χ1n) is 8.91. The molecule has 0 fully saturated rings. The minimum atomic E-state index is 0.0260. The Morgan fingerprint density at radius 3 is 2.92 bits per heavy atom. The highest BCUT2D eigenvalue weighted by Crippen LogP contribution is 2.24. The van der Waals surface area contributed by atoms with Gasteiger partial charge >= 0.3 is 0 Å². The molecule has 1 aliphatic heterocycles. The van der Waals surface area contributed by atoms with Gasteiger partial charge in [-0.05, 0) is 32.3 Å². The first-order valence-corrected chi connectivity index (χ1v) is 8.91. The number of Topliss-reactive ketones (excluding diaryl/α,β-unsaturated/α-hetero) is 1. The van der Waals surface area contributed by atoms with E-state index in [2.05, 4.69) is 17.0 Å². The summed E-state index contributed by atoms with van der Waals surface area (Å²) in [6, 6.07) is 3.85. The molecular formula is C19H22N4O2. The van der Waals surface area contributed by atoms with Crippen molar-refractivity contribution in [2.75, 3.05) is 6.61 Å². The molecule has 6 nitrogen and oxygen atoms in total. The molecule has 0 atom stereocenters. The summed E-state index contributed by atoms with van der Waals surface area (Å²) < 4.78 is 9.67.